The molecule has 216 valence electrons. The maximum atomic E-state index is 13.1. The average Bonchev–Trinajstić information content (AvgIpc) is 2.95. The summed E-state index contributed by atoms with van der Waals surface area (Å²) in [4.78, 5) is 15.3. The molecule has 0 saturated heterocycles. The molecule has 0 aliphatic carbocycles. The van der Waals surface area contributed by atoms with Crippen molar-refractivity contribution < 1.29 is 31.8 Å². The van der Waals surface area contributed by atoms with E-state index in [1.807, 2.05) is 31.1 Å². The summed E-state index contributed by atoms with van der Waals surface area (Å²) in [5.41, 5.74) is 11.4. The Kier molecular flexibility index (Phi) is 11.0. The summed E-state index contributed by atoms with van der Waals surface area (Å²) in [5.74, 6) is -1.10. The predicted molar refractivity (Wildman–Crippen MR) is 150 cm³/mol. The van der Waals surface area contributed by atoms with Gasteiger partial charge in [0.05, 0.1) is 28.4 Å². The number of hydrogen-bond donors (Lipinski definition) is 1. The molecular weight excluding hydrogens is 574 g/mol. The van der Waals surface area contributed by atoms with Gasteiger partial charge in [-0.15, -0.1) is 3.71 Å². The Hall–Kier alpha value is -4.18. The summed E-state index contributed by atoms with van der Waals surface area (Å²) in [7, 11) is -0.667. The summed E-state index contributed by atoms with van der Waals surface area (Å²) in [6, 6.07) is 18.2. The Bertz CT molecular complexity index is 1540. The number of sulfonamides is 1. The molecule has 0 radical (unpaired) electrons. The van der Waals surface area contributed by atoms with E-state index in [1.54, 1.807) is 12.1 Å². The Morgan fingerprint density at radius 3 is 2.07 bits per heavy atom. The van der Waals surface area contributed by atoms with Gasteiger partial charge in [0.2, 0.25) is 0 Å². The van der Waals surface area contributed by atoms with Crippen LogP contribution < -0.4 is 4.90 Å². The molecule has 0 spiro atoms. The van der Waals surface area contributed by atoms with Crippen LogP contribution in [0.2, 0.25) is 0 Å². The van der Waals surface area contributed by atoms with E-state index in [9.17, 15) is 22.0 Å². The van der Waals surface area contributed by atoms with Gasteiger partial charge in [0.25, 0.3) is 10.0 Å². The fourth-order valence-electron chi connectivity index (χ4n) is 3.39. The third-order valence-electron chi connectivity index (χ3n) is 5.60. The van der Waals surface area contributed by atoms with E-state index in [4.69, 9.17) is 15.4 Å². The van der Waals surface area contributed by atoms with Gasteiger partial charge in [-0.05, 0) is 78.2 Å². The maximum Gasteiger partial charge on any atom is 0.335 e. The van der Waals surface area contributed by atoms with Crippen LogP contribution in [0, 0.1) is 0 Å². The van der Waals surface area contributed by atoms with E-state index < -0.39 is 40.0 Å². The topological polar surface area (TPSA) is 201 Å². The van der Waals surface area contributed by atoms with Crippen molar-refractivity contribution in [2.24, 2.45) is 15.3 Å². The number of carboxylic acid groups (broad SMARTS) is 1. The van der Waals surface area contributed by atoms with Gasteiger partial charge in [-0.1, -0.05) is 17.2 Å². The van der Waals surface area contributed by atoms with E-state index in [0.717, 1.165) is 5.69 Å². The van der Waals surface area contributed by atoms with Gasteiger partial charge < -0.3 is 19.3 Å². The Morgan fingerprint density at radius 2 is 1.59 bits per heavy atom. The normalized spacial score (nSPS) is 13.1. The fraction of sp³-hybridized carbons (Fsp3) is 0.240. The lowest BCUT2D eigenvalue weighted by atomic mass is 10.1. The first-order valence-corrected chi connectivity index (χ1v) is 14.4. The van der Waals surface area contributed by atoms with Gasteiger partial charge in [-0.2, -0.15) is 10.2 Å². The lowest BCUT2D eigenvalue weighted by Crippen LogP contribution is -2.35. The quantitative estimate of drug-likeness (QED) is 0.116. The van der Waals surface area contributed by atoms with Crippen molar-refractivity contribution in [3.05, 3.63) is 94.4 Å². The highest BCUT2D eigenvalue weighted by molar-refractivity contribution is 7.99. The molecule has 0 saturated carbocycles. The van der Waals surface area contributed by atoms with Crippen LogP contribution in [0.4, 0.5) is 17.1 Å². The van der Waals surface area contributed by atoms with E-state index in [0.29, 0.717) is 16.9 Å². The molecule has 2 unspecified atom stereocenters. The predicted octanol–water partition coefficient (Wildman–Crippen LogP) is 4.89. The minimum Gasteiger partial charge on any atom is -0.759 e. The van der Waals surface area contributed by atoms with Crippen molar-refractivity contribution in [3.8, 4) is 0 Å². The van der Waals surface area contributed by atoms with Crippen LogP contribution in [0.15, 0.2) is 93.0 Å². The minimum atomic E-state index is -4.49. The molecule has 3 aromatic rings. The van der Waals surface area contributed by atoms with Crippen molar-refractivity contribution in [2.45, 2.75) is 24.2 Å². The molecule has 41 heavy (non-hydrogen) atoms. The Balaban J connectivity index is 1.66. The monoisotopic (exact) mass is 600 g/mol. The van der Waals surface area contributed by atoms with Crippen molar-refractivity contribution in [1.82, 2.24) is 3.71 Å². The van der Waals surface area contributed by atoms with Gasteiger partial charge >= 0.3 is 5.97 Å². The molecule has 0 aliphatic rings. The largest absolute Gasteiger partial charge is 0.759 e. The van der Waals surface area contributed by atoms with Crippen molar-refractivity contribution in [1.29, 1.82) is 0 Å². The number of aromatic carboxylic acids is 1. The van der Waals surface area contributed by atoms with Gasteiger partial charge in [0.1, 0.15) is 6.23 Å². The first kappa shape index (κ1) is 31.3. The number of carboxylic acids is 1. The number of carbonyl (C=O) groups is 1. The molecule has 16 heteroatoms. The zero-order valence-electron chi connectivity index (χ0n) is 22.0. The van der Waals surface area contributed by atoms with E-state index in [1.165, 1.54) is 48.5 Å². The molecule has 0 amide bonds. The Labute approximate surface area is 239 Å². The smallest absolute Gasteiger partial charge is 0.335 e. The van der Waals surface area contributed by atoms with Gasteiger partial charge in [-0.3, -0.25) is 4.21 Å². The van der Waals surface area contributed by atoms with Gasteiger partial charge in [0, 0.05) is 42.5 Å². The maximum absolute atomic E-state index is 13.1. The van der Waals surface area contributed by atoms with Crippen molar-refractivity contribution >= 4 is 44.3 Å². The first-order valence-electron chi connectivity index (χ1n) is 11.9. The van der Waals surface area contributed by atoms with E-state index in [-0.39, 0.29) is 27.2 Å². The lowest BCUT2D eigenvalue weighted by molar-refractivity contribution is 0.0388. The summed E-state index contributed by atoms with van der Waals surface area (Å²) in [6.45, 7) is -0.656. The van der Waals surface area contributed by atoms with Crippen molar-refractivity contribution in [2.75, 3.05) is 25.5 Å². The lowest BCUT2D eigenvalue weighted by Gasteiger charge is -2.25. The van der Waals surface area contributed by atoms with Crippen LogP contribution in [-0.2, 0) is 32.6 Å². The third-order valence-corrected chi connectivity index (χ3v) is 8.65. The summed E-state index contributed by atoms with van der Waals surface area (Å²) >= 11 is -3.18. The molecule has 0 aliphatic heterocycles. The number of azide groups is 1. The number of rotatable bonds is 14. The fourth-order valence-corrected chi connectivity index (χ4v) is 5.61. The molecule has 0 fully saturated rings. The van der Waals surface area contributed by atoms with Crippen LogP contribution in [0.1, 0.15) is 22.3 Å². The minimum absolute atomic E-state index is 0.0742. The molecule has 3 rings (SSSR count). The molecule has 3 aromatic carbocycles. The van der Waals surface area contributed by atoms with Gasteiger partial charge in [0.15, 0.2) is 0 Å². The number of benzene rings is 3. The SMILES string of the molecule is CN(C)c1ccc(N=Nc2ccc(S(=O)(=O)N(CCC(N=[N+]=[N-])OCc3ccc(C(=O)O)cc3)S(=O)[O-])cc2)cc1. The molecule has 1 N–H and O–H groups in total. The summed E-state index contributed by atoms with van der Waals surface area (Å²) < 4.78 is 55.6. The average molecular weight is 601 g/mol. The number of nitrogens with zero attached hydrogens (tertiary/aromatic N) is 7. The zero-order valence-corrected chi connectivity index (χ0v) is 23.6. The van der Waals surface area contributed by atoms with Crippen LogP contribution in [0.25, 0.3) is 10.4 Å². The first-order chi connectivity index (χ1) is 19.5. The summed E-state index contributed by atoms with van der Waals surface area (Å²) in [6.07, 6.45) is -1.47. The highest BCUT2D eigenvalue weighted by Crippen LogP contribution is 2.24. The van der Waals surface area contributed by atoms with E-state index >= 15 is 0 Å². The second-order valence-electron chi connectivity index (χ2n) is 8.61. The standard InChI is InChI=1S/C25H27N7O7S2/c1-31(2)22-11-7-20(8-12-22)27-28-21-9-13-23(14-10-21)41(37,38)32(40(35)36)16-15-24(29-30-26)39-17-18-3-5-19(6-4-18)25(33)34/h3-14,24H,15-17H2,1-2H3,(H,33,34)(H,35,36)/p-1. The third kappa shape index (κ3) is 8.91. The molecular formula is C25H26N7O7S2-. The Morgan fingerprint density at radius 1 is 1.02 bits per heavy atom. The van der Waals surface area contributed by atoms with Gasteiger partial charge in [-0.25, -0.2) is 13.2 Å². The van der Waals surface area contributed by atoms with Crippen LogP contribution in [0.5, 0.6) is 0 Å². The molecule has 2 atom stereocenters. The number of hydrogen-bond acceptors (Lipinski definition) is 10. The molecule has 0 bridgehead atoms. The molecule has 0 aromatic heterocycles. The van der Waals surface area contributed by atoms with Crippen LogP contribution in [0.3, 0.4) is 0 Å². The number of ether oxygens (including phenoxy) is 1. The molecule has 14 nitrogen and oxygen atoms in total. The zero-order chi connectivity index (χ0) is 30.0. The highest BCUT2D eigenvalue weighted by atomic mass is 32.3. The van der Waals surface area contributed by atoms with Crippen LogP contribution >= 0.6 is 0 Å². The number of azo groups is 1. The van der Waals surface area contributed by atoms with Crippen molar-refractivity contribution in [3.63, 3.8) is 0 Å². The molecule has 0 heterocycles. The highest BCUT2D eigenvalue weighted by Gasteiger charge is 2.26. The second kappa shape index (κ2) is 14.5. The number of anilines is 1. The van der Waals surface area contributed by atoms with Crippen LogP contribution in [-0.4, -0.2) is 58.8 Å². The summed E-state index contributed by atoms with van der Waals surface area (Å²) in [5, 5.41) is 20.6. The second-order valence-corrected chi connectivity index (χ2v) is 11.6. The van der Waals surface area contributed by atoms with E-state index in [2.05, 4.69) is 20.3 Å².